The van der Waals surface area contributed by atoms with Gasteiger partial charge in [0.1, 0.15) is 13.3 Å². The molecule has 0 saturated carbocycles. The van der Waals surface area contributed by atoms with Crippen molar-refractivity contribution in [2.24, 2.45) is 0 Å². The number of hydrogen-bond acceptors (Lipinski definition) is 3. The van der Waals surface area contributed by atoms with E-state index in [1.54, 1.807) is 9.42 Å². The minimum atomic E-state index is -0.310. The van der Waals surface area contributed by atoms with E-state index in [9.17, 15) is 9.59 Å². The number of ether oxygens (including phenoxy) is 1. The number of carbonyl (C=O) groups excluding carboxylic acids is 1. The predicted molar refractivity (Wildman–Crippen MR) is 96.8 cm³/mol. The lowest BCUT2D eigenvalue weighted by Gasteiger charge is -2.29. The molecule has 0 N–H and O–H groups in total. The van der Waals surface area contributed by atoms with Gasteiger partial charge in [-0.05, 0) is 34.5 Å². The van der Waals surface area contributed by atoms with Crippen molar-refractivity contribution in [3.63, 3.8) is 0 Å². The van der Waals surface area contributed by atoms with E-state index in [1.165, 1.54) is 0 Å². The highest BCUT2D eigenvalue weighted by molar-refractivity contribution is 9.10. The van der Waals surface area contributed by atoms with E-state index in [0.717, 1.165) is 5.56 Å². The number of amides is 1. The van der Waals surface area contributed by atoms with Crippen LogP contribution in [0, 0.1) is 0 Å². The van der Waals surface area contributed by atoms with Crippen LogP contribution in [0.3, 0.4) is 0 Å². The minimum absolute atomic E-state index is 0.0799. The summed E-state index contributed by atoms with van der Waals surface area (Å²) < 4.78 is 9.88. The largest absolute Gasteiger partial charge is 0.482 e. The molecule has 6 nitrogen and oxygen atoms in total. The molecule has 0 spiro atoms. The zero-order valence-electron chi connectivity index (χ0n) is 13.6. The number of nitrogens with zero attached hydrogens (tertiary/aromatic N) is 3. The summed E-state index contributed by atoms with van der Waals surface area (Å²) in [7, 11) is 0. The number of halogens is 1. The molecule has 0 saturated heterocycles. The number of carbonyl (C=O) groups is 1. The quantitative estimate of drug-likeness (QED) is 0.675. The smallest absolute Gasteiger partial charge is 0.277 e. The van der Waals surface area contributed by atoms with E-state index in [4.69, 9.17) is 4.74 Å². The van der Waals surface area contributed by atoms with E-state index < -0.39 is 0 Å². The molecule has 0 bridgehead atoms. The number of aromatic nitrogens is 2. The molecule has 4 rings (SSSR count). The van der Waals surface area contributed by atoms with Crippen molar-refractivity contribution in [3.8, 4) is 5.75 Å². The first-order valence-corrected chi connectivity index (χ1v) is 8.80. The van der Waals surface area contributed by atoms with Gasteiger partial charge < -0.3 is 9.64 Å². The molecule has 128 valence electrons. The molecule has 3 heterocycles. The number of pyridine rings is 1. The maximum atomic E-state index is 12.9. The van der Waals surface area contributed by atoms with Crippen LogP contribution in [0.25, 0.3) is 5.52 Å². The highest BCUT2D eigenvalue weighted by atomic mass is 79.9. The number of hydrogen-bond donors (Lipinski definition) is 0. The Hall–Kier alpha value is -2.54. The Morgan fingerprint density at radius 3 is 2.64 bits per heavy atom. The zero-order valence-corrected chi connectivity index (χ0v) is 15.2. The van der Waals surface area contributed by atoms with E-state index in [1.807, 2.05) is 54.2 Å². The Labute approximate surface area is 152 Å². The molecule has 1 aliphatic rings. The molecule has 1 amide bonds. The lowest BCUT2D eigenvalue weighted by Crippen LogP contribution is -2.41. The highest BCUT2D eigenvalue weighted by Crippen LogP contribution is 2.28. The molecule has 7 heteroatoms. The van der Waals surface area contributed by atoms with Crippen molar-refractivity contribution in [2.45, 2.75) is 20.2 Å². The van der Waals surface area contributed by atoms with Gasteiger partial charge >= 0.3 is 0 Å². The minimum Gasteiger partial charge on any atom is -0.482 e. The highest BCUT2D eigenvalue weighted by Gasteiger charge is 2.31. The van der Waals surface area contributed by atoms with Gasteiger partial charge in [0, 0.05) is 12.7 Å². The maximum Gasteiger partial charge on any atom is 0.277 e. The van der Waals surface area contributed by atoms with Crippen LogP contribution < -0.4 is 10.2 Å². The summed E-state index contributed by atoms with van der Waals surface area (Å²) in [6.07, 6.45) is 1.86. The second-order valence-electron chi connectivity index (χ2n) is 5.85. The number of rotatable bonds is 4. The average Bonchev–Trinajstić information content (AvgIpc) is 3.06. The third kappa shape index (κ3) is 2.46. The van der Waals surface area contributed by atoms with Crippen molar-refractivity contribution in [1.29, 1.82) is 0 Å². The second kappa shape index (κ2) is 6.07. The third-order valence-electron chi connectivity index (χ3n) is 4.36. The monoisotopic (exact) mass is 401 g/mol. The Morgan fingerprint density at radius 1 is 1.16 bits per heavy atom. The van der Waals surface area contributed by atoms with Gasteiger partial charge in [0.05, 0.1) is 9.99 Å². The van der Waals surface area contributed by atoms with Crippen LogP contribution in [0.2, 0.25) is 0 Å². The van der Waals surface area contributed by atoms with Crippen LogP contribution in [0.5, 0.6) is 5.75 Å². The molecular formula is C18H16BrN3O3. The topological polar surface area (TPSA) is 55.9 Å². The fraction of sp³-hybridized carbons (Fsp3) is 0.222. The Bertz CT molecular complexity index is 1020. The van der Waals surface area contributed by atoms with Crippen LogP contribution in [0.15, 0.2) is 51.9 Å². The summed E-state index contributed by atoms with van der Waals surface area (Å²) >= 11 is 3.36. The van der Waals surface area contributed by atoms with Gasteiger partial charge in [-0.2, -0.15) is 0 Å². The van der Waals surface area contributed by atoms with Gasteiger partial charge in [0.2, 0.25) is 5.43 Å². The van der Waals surface area contributed by atoms with Crippen molar-refractivity contribution < 1.29 is 9.53 Å². The van der Waals surface area contributed by atoms with E-state index in [2.05, 4.69) is 15.9 Å². The van der Waals surface area contributed by atoms with Crippen molar-refractivity contribution >= 4 is 27.4 Å². The Morgan fingerprint density at radius 2 is 1.92 bits per heavy atom. The summed E-state index contributed by atoms with van der Waals surface area (Å²) in [6.45, 7) is 3.14. The van der Waals surface area contributed by atoms with Crippen LogP contribution >= 0.6 is 15.9 Å². The van der Waals surface area contributed by atoms with Crippen molar-refractivity contribution in [2.75, 3.05) is 6.54 Å². The van der Waals surface area contributed by atoms with E-state index in [-0.39, 0.29) is 29.4 Å². The molecule has 0 radical (unpaired) electrons. The van der Waals surface area contributed by atoms with Crippen molar-refractivity contribution in [1.82, 2.24) is 14.1 Å². The first-order chi connectivity index (χ1) is 12.1. The average molecular weight is 402 g/mol. The van der Waals surface area contributed by atoms with Gasteiger partial charge in [0.15, 0.2) is 11.4 Å². The SMILES string of the molecule is CCN1Cn2ccc3c(Br)c(=O)c(OCc4ccccc4)c(n32)C1=O. The molecule has 1 aromatic carbocycles. The first kappa shape index (κ1) is 16.0. The van der Waals surface area contributed by atoms with Gasteiger partial charge in [-0.1, -0.05) is 30.3 Å². The maximum absolute atomic E-state index is 12.9. The standard InChI is InChI=1S/C18H16BrN3O3/c1-2-20-11-21-9-8-13-14(19)16(23)17(15(18(20)24)22(13)21)25-10-12-6-4-3-5-7-12/h3-9H,2,10-11H2,1H3. The summed E-state index contributed by atoms with van der Waals surface area (Å²) in [6, 6.07) is 11.4. The third-order valence-corrected chi connectivity index (χ3v) is 5.13. The van der Waals surface area contributed by atoms with Gasteiger partial charge in [0.25, 0.3) is 5.91 Å². The zero-order chi connectivity index (χ0) is 17.6. The van der Waals surface area contributed by atoms with E-state index >= 15 is 0 Å². The Kier molecular flexibility index (Phi) is 3.88. The molecule has 1 aliphatic heterocycles. The normalized spacial score (nSPS) is 13.5. The molecule has 0 atom stereocenters. The van der Waals surface area contributed by atoms with Crippen LogP contribution in [0.1, 0.15) is 23.0 Å². The first-order valence-electron chi connectivity index (χ1n) is 8.01. The van der Waals surface area contributed by atoms with E-state index in [0.29, 0.717) is 23.2 Å². The van der Waals surface area contributed by atoms with Gasteiger partial charge in [-0.3, -0.25) is 14.3 Å². The fourth-order valence-electron chi connectivity index (χ4n) is 3.06. The van der Waals surface area contributed by atoms with Crippen LogP contribution in [-0.4, -0.2) is 26.5 Å². The molecule has 0 unspecified atom stereocenters. The van der Waals surface area contributed by atoms with Gasteiger partial charge in [-0.15, -0.1) is 0 Å². The Balaban J connectivity index is 1.88. The lowest BCUT2D eigenvalue weighted by atomic mass is 10.2. The summed E-state index contributed by atoms with van der Waals surface area (Å²) in [5.74, 6) is -0.118. The lowest BCUT2D eigenvalue weighted by molar-refractivity contribution is 0.0639. The molecule has 2 aromatic heterocycles. The molecule has 3 aromatic rings. The summed E-state index contributed by atoms with van der Waals surface area (Å²) in [4.78, 5) is 27.4. The second-order valence-corrected chi connectivity index (χ2v) is 6.64. The molecule has 0 fully saturated rings. The summed E-state index contributed by atoms with van der Waals surface area (Å²) in [5.41, 5.74) is 1.56. The predicted octanol–water partition coefficient (Wildman–Crippen LogP) is 2.88. The van der Waals surface area contributed by atoms with Crippen molar-refractivity contribution in [3.05, 3.63) is 68.5 Å². The van der Waals surface area contributed by atoms with Crippen LogP contribution in [0.4, 0.5) is 0 Å². The summed E-state index contributed by atoms with van der Waals surface area (Å²) in [5, 5.41) is 0. The number of benzene rings is 1. The van der Waals surface area contributed by atoms with Crippen LogP contribution in [-0.2, 0) is 13.3 Å². The fourth-order valence-corrected chi connectivity index (χ4v) is 3.54. The molecular weight excluding hydrogens is 386 g/mol. The molecule has 25 heavy (non-hydrogen) atoms. The van der Waals surface area contributed by atoms with Gasteiger partial charge in [-0.25, -0.2) is 4.52 Å². The molecule has 0 aliphatic carbocycles.